The average molecular weight is 290 g/mol. The summed E-state index contributed by atoms with van der Waals surface area (Å²) < 4.78 is 0. The maximum atomic E-state index is 11.9. The van der Waals surface area contributed by atoms with Crippen LogP contribution in [0.15, 0.2) is 18.3 Å². The third-order valence-electron chi connectivity index (χ3n) is 4.16. The standard InChI is InChI=1S/C16H26N4O/c1-5-14-16(21)17-8-9-20(14)11-13-6-7-15(18-10-13)19(4)12(2)3/h6-7,10,12,14H,5,8-9,11H2,1-4H3,(H,17,21)/t14-/m1/s1. The molecular weight excluding hydrogens is 264 g/mol. The van der Waals surface area contributed by atoms with E-state index in [0.717, 1.165) is 37.4 Å². The predicted octanol–water partition coefficient (Wildman–Crippen LogP) is 1.64. The molecule has 0 bridgehead atoms. The highest BCUT2D eigenvalue weighted by Crippen LogP contribution is 2.16. The molecule has 0 radical (unpaired) electrons. The quantitative estimate of drug-likeness (QED) is 0.895. The van der Waals surface area contributed by atoms with Gasteiger partial charge in [0, 0.05) is 38.9 Å². The van der Waals surface area contributed by atoms with Crippen LogP contribution in [0.4, 0.5) is 5.82 Å². The third kappa shape index (κ3) is 3.73. The van der Waals surface area contributed by atoms with Crippen molar-refractivity contribution in [2.24, 2.45) is 0 Å². The molecule has 116 valence electrons. The van der Waals surface area contributed by atoms with Gasteiger partial charge in [-0.15, -0.1) is 0 Å². The topological polar surface area (TPSA) is 48.5 Å². The molecule has 1 aromatic heterocycles. The highest BCUT2D eigenvalue weighted by Gasteiger charge is 2.27. The van der Waals surface area contributed by atoms with Gasteiger partial charge in [0.05, 0.1) is 6.04 Å². The highest BCUT2D eigenvalue weighted by molar-refractivity contribution is 5.82. The number of rotatable bonds is 5. The average Bonchev–Trinajstić information content (AvgIpc) is 2.47. The van der Waals surface area contributed by atoms with Crippen molar-refractivity contribution in [1.82, 2.24) is 15.2 Å². The third-order valence-corrected chi connectivity index (χ3v) is 4.16. The maximum absolute atomic E-state index is 11.9. The molecule has 0 aliphatic carbocycles. The summed E-state index contributed by atoms with van der Waals surface area (Å²) in [4.78, 5) is 20.8. The van der Waals surface area contributed by atoms with Crippen molar-refractivity contribution in [3.8, 4) is 0 Å². The Balaban J connectivity index is 2.04. The second-order valence-electron chi connectivity index (χ2n) is 5.91. The number of aromatic nitrogens is 1. The Bertz CT molecular complexity index is 472. The Kier molecular flexibility index (Phi) is 5.17. The number of piperazine rings is 1. The summed E-state index contributed by atoms with van der Waals surface area (Å²) in [6.45, 7) is 8.77. The molecule has 5 heteroatoms. The lowest BCUT2D eigenvalue weighted by Crippen LogP contribution is -2.54. The van der Waals surface area contributed by atoms with E-state index in [1.54, 1.807) is 0 Å². The van der Waals surface area contributed by atoms with Crippen LogP contribution in [0.25, 0.3) is 0 Å². The monoisotopic (exact) mass is 290 g/mol. The summed E-state index contributed by atoms with van der Waals surface area (Å²) in [6.07, 6.45) is 2.76. The van der Waals surface area contributed by atoms with E-state index in [-0.39, 0.29) is 11.9 Å². The summed E-state index contributed by atoms with van der Waals surface area (Å²) in [5.74, 6) is 1.13. The van der Waals surface area contributed by atoms with E-state index < -0.39 is 0 Å². The number of hydrogen-bond donors (Lipinski definition) is 1. The van der Waals surface area contributed by atoms with Crippen LogP contribution in [0.3, 0.4) is 0 Å². The minimum Gasteiger partial charge on any atom is -0.357 e. The molecule has 0 saturated carbocycles. The fourth-order valence-electron chi connectivity index (χ4n) is 2.61. The zero-order valence-corrected chi connectivity index (χ0v) is 13.5. The lowest BCUT2D eigenvalue weighted by molar-refractivity contribution is -0.129. The lowest BCUT2D eigenvalue weighted by atomic mass is 10.1. The van der Waals surface area contributed by atoms with Crippen LogP contribution in [0.1, 0.15) is 32.8 Å². The van der Waals surface area contributed by atoms with Crippen LogP contribution >= 0.6 is 0 Å². The van der Waals surface area contributed by atoms with Crippen LogP contribution in [0.5, 0.6) is 0 Å². The molecular formula is C16H26N4O. The van der Waals surface area contributed by atoms with Crippen molar-refractivity contribution in [3.05, 3.63) is 23.9 Å². The number of pyridine rings is 1. The molecule has 21 heavy (non-hydrogen) atoms. The second-order valence-corrected chi connectivity index (χ2v) is 5.91. The van der Waals surface area contributed by atoms with Gasteiger partial charge in [0.15, 0.2) is 0 Å². The van der Waals surface area contributed by atoms with E-state index in [4.69, 9.17) is 0 Å². The van der Waals surface area contributed by atoms with E-state index in [1.165, 1.54) is 0 Å². The SMILES string of the molecule is CC[C@@H]1C(=O)NCCN1Cc1ccc(N(C)C(C)C)nc1. The first-order valence-corrected chi connectivity index (χ1v) is 7.72. The van der Waals surface area contributed by atoms with Crippen molar-refractivity contribution in [2.45, 2.75) is 45.8 Å². The van der Waals surface area contributed by atoms with Crippen LogP contribution in [-0.2, 0) is 11.3 Å². The van der Waals surface area contributed by atoms with Gasteiger partial charge in [0.1, 0.15) is 5.82 Å². The van der Waals surface area contributed by atoms with Gasteiger partial charge < -0.3 is 10.2 Å². The van der Waals surface area contributed by atoms with Gasteiger partial charge in [-0.1, -0.05) is 13.0 Å². The summed E-state index contributed by atoms with van der Waals surface area (Å²) in [7, 11) is 2.05. The highest BCUT2D eigenvalue weighted by atomic mass is 16.2. The van der Waals surface area contributed by atoms with E-state index in [2.05, 4.69) is 60.1 Å². The molecule has 1 fully saturated rings. The molecule has 0 unspecified atom stereocenters. The Hall–Kier alpha value is -1.62. The van der Waals surface area contributed by atoms with Crippen LogP contribution in [0, 0.1) is 0 Å². The first-order chi connectivity index (χ1) is 10.0. The largest absolute Gasteiger partial charge is 0.357 e. The number of anilines is 1. The van der Waals surface area contributed by atoms with Gasteiger partial charge in [-0.25, -0.2) is 4.98 Å². The van der Waals surface area contributed by atoms with Crippen molar-refractivity contribution in [3.63, 3.8) is 0 Å². The molecule has 2 rings (SSSR count). The number of nitrogens with one attached hydrogen (secondary N) is 1. The molecule has 1 aliphatic rings. The molecule has 1 aromatic rings. The molecule has 1 N–H and O–H groups in total. The number of carbonyl (C=O) groups excluding carboxylic acids is 1. The molecule has 5 nitrogen and oxygen atoms in total. The number of nitrogens with zero attached hydrogens (tertiary/aromatic N) is 3. The van der Waals surface area contributed by atoms with Crippen molar-refractivity contribution in [1.29, 1.82) is 0 Å². The summed E-state index contributed by atoms with van der Waals surface area (Å²) in [6, 6.07) is 4.58. The lowest BCUT2D eigenvalue weighted by Gasteiger charge is -2.34. The molecule has 1 amide bonds. The van der Waals surface area contributed by atoms with Crippen molar-refractivity contribution < 1.29 is 4.79 Å². The maximum Gasteiger partial charge on any atom is 0.237 e. The molecule has 1 atom stereocenters. The van der Waals surface area contributed by atoms with Crippen LogP contribution < -0.4 is 10.2 Å². The normalized spacial score (nSPS) is 19.7. The summed E-state index contributed by atoms with van der Waals surface area (Å²) >= 11 is 0. The van der Waals surface area contributed by atoms with Crippen molar-refractivity contribution >= 4 is 11.7 Å². The first kappa shape index (κ1) is 15.8. The molecule has 1 aliphatic heterocycles. The zero-order valence-electron chi connectivity index (χ0n) is 13.5. The smallest absolute Gasteiger partial charge is 0.237 e. The van der Waals surface area contributed by atoms with Crippen LogP contribution in [-0.4, -0.2) is 48.0 Å². The number of hydrogen-bond acceptors (Lipinski definition) is 4. The first-order valence-electron chi connectivity index (χ1n) is 7.72. The number of amides is 1. The zero-order chi connectivity index (χ0) is 15.4. The fraction of sp³-hybridized carbons (Fsp3) is 0.625. The Morgan fingerprint density at radius 3 is 2.81 bits per heavy atom. The van der Waals surface area contributed by atoms with E-state index in [9.17, 15) is 4.79 Å². The van der Waals surface area contributed by atoms with Gasteiger partial charge in [-0.05, 0) is 31.9 Å². The number of carbonyl (C=O) groups is 1. The summed E-state index contributed by atoms with van der Waals surface area (Å²) in [5.41, 5.74) is 1.16. The van der Waals surface area contributed by atoms with E-state index >= 15 is 0 Å². The summed E-state index contributed by atoms with van der Waals surface area (Å²) in [5, 5.41) is 2.93. The van der Waals surface area contributed by atoms with Gasteiger partial charge in [0.2, 0.25) is 5.91 Å². The molecule has 0 aromatic carbocycles. The van der Waals surface area contributed by atoms with Gasteiger partial charge in [0.25, 0.3) is 0 Å². The van der Waals surface area contributed by atoms with Gasteiger partial charge >= 0.3 is 0 Å². The predicted molar refractivity (Wildman–Crippen MR) is 85.3 cm³/mol. The Morgan fingerprint density at radius 1 is 1.48 bits per heavy atom. The molecule has 1 saturated heterocycles. The van der Waals surface area contributed by atoms with Gasteiger partial charge in [-0.3, -0.25) is 9.69 Å². The van der Waals surface area contributed by atoms with Crippen LogP contribution in [0.2, 0.25) is 0 Å². The fourth-order valence-corrected chi connectivity index (χ4v) is 2.61. The second kappa shape index (κ2) is 6.89. The van der Waals surface area contributed by atoms with E-state index in [1.807, 2.05) is 6.20 Å². The van der Waals surface area contributed by atoms with Crippen molar-refractivity contribution in [2.75, 3.05) is 25.0 Å². The van der Waals surface area contributed by atoms with E-state index in [0.29, 0.717) is 6.04 Å². The Labute approximate surface area is 127 Å². The van der Waals surface area contributed by atoms with Gasteiger partial charge in [-0.2, -0.15) is 0 Å². The minimum atomic E-state index is -0.0169. The molecule has 2 heterocycles. The minimum absolute atomic E-state index is 0.0169. The molecule has 0 spiro atoms. The Morgan fingerprint density at radius 2 is 2.24 bits per heavy atom.